The summed E-state index contributed by atoms with van der Waals surface area (Å²) < 4.78 is 44.2. The molecule has 0 bridgehead atoms. The van der Waals surface area contributed by atoms with Gasteiger partial charge in [0.2, 0.25) is 5.78 Å². The molecule has 1 aromatic heterocycles. The van der Waals surface area contributed by atoms with Crippen LogP contribution in [0.3, 0.4) is 0 Å². The van der Waals surface area contributed by atoms with Gasteiger partial charge in [-0.1, -0.05) is 0 Å². The number of benzene rings is 1. The van der Waals surface area contributed by atoms with Crippen molar-refractivity contribution in [1.29, 1.82) is 0 Å². The monoisotopic (exact) mass is 339 g/mol. The molecule has 0 aliphatic rings. The summed E-state index contributed by atoms with van der Waals surface area (Å²) in [4.78, 5) is 22.8. The third-order valence-electron chi connectivity index (χ3n) is 3.60. The van der Waals surface area contributed by atoms with Gasteiger partial charge in [-0.3, -0.25) is 9.59 Å². The number of carbonyl (C=O) groups excluding carboxylic acids is 2. The van der Waals surface area contributed by atoms with Crippen LogP contribution in [0.25, 0.3) is 0 Å². The molecule has 0 N–H and O–H groups in total. The minimum Gasteiger partial charge on any atom is -0.485 e. The highest BCUT2D eigenvalue weighted by Gasteiger charge is 2.30. The number of rotatable bonds is 6. The normalized spacial score (nSPS) is 11.4. The van der Waals surface area contributed by atoms with Crippen LogP contribution in [-0.2, 0) is 6.54 Å². The number of alkyl halides is 3. The van der Waals surface area contributed by atoms with Gasteiger partial charge in [0.1, 0.15) is 18.6 Å². The molecule has 0 aliphatic carbocycles. The fraction of sp³-hybridized carbons (Fsp3) is 0.294. The predicted molar refractivity (Wildman–Crippen MR) is 81.6 cm³/mol. The number of halogens is 3. The van der Waals surface area contributed by atoms with E-state index in [9.17, 15) is 22.8 Å². The van der Waals surface area contributed by atoms with E-state index in [0.29, 0.717) is 23.3 Å². The summed E-state index contributed by atoms with van der Waals surface area (Å²) >= 11 is 0. The Morgan fingerprint density at radius 3 is 2.38 bits per heavy atom. The number of aromatic nitrogens is 1. The number of ether oxygens (including phenoxy) is 1. The van der Waals surface area contributed by atoms with E-state index in [0.717, 1.165) is 4.57 Å². The molecule has 2 rings (SSSR count). The van der Waals surface area contributed by atoms with Crippen LogP contribution in [0.4, 0.5) is 13.2 Å². The molecule has 1 aromatic carbocycles. The van der Waals surface area contributed by atoms with Crippen molar-refractivity contribution in [2.75, 3.05) is 6.61 Å². The Morgan fingerprint density at radius 2 is 1.83 bits per heavy atom. The van der Waals surface area contributed by atoms with E-state index in [1.165, 1.54) is 19.9 Å². The molecule has 0 amide bonds. The second-order valence-corrected chi connectivity index (χ2v) is 5.38. The zero-order chi connectivity index (χ0) is 17.9. The molecule has 0 unspecified atom stereocenters. The second-order valence-electron chi connectivity index (χ2n) is 5.38. The number of hydrogen-bond donors (Lipinski definition) is 0. The van der Waals surface area contributed by atoms with Crippen molar-refractivity contribution < 1.29 is 27.5 Å². The van der Waals surface area contributed by atoms with E-state index in [1.54, 1.807) is 24.3 Å². The zero-order valence-electron chi connectivity index (χ0n) is 13.2. The van der Waals surface area contributed by atoms with E-state index in [4.69, 9.17) is 4.74 Å². The molecule has 0 atom stereocenters. The Bertz CT molecular complexity index is 746. The van der Waals surface area contributed by atoms with Crippen molar-refractivity contribution in [2.45, 2.75) is 26.6 Å². The van der Waals surface area contributed by atoms with Crippen molar-refractivity contribution in [3.8, 4) is 5.75 Å². The number of hydrogen-bond acceptors (Lipinski definition) is 3. The van der Waals surface area contributed by atoms with Crippen LogP contribution in [0.5, 0.6) is 5.75 Å². The predicted octanol–water partition coefficient (Wildman–Crippen LogP) is 3.74. The minimum absolute atomic E-state index is 0.210. The SMILES string of the molecule is Cc1cc(C(=O)COc2ccc(C=O)cc2)c(C)n1CC(F)(F)F. The smallest absolute Gasteiger partial charge is 0.406 e. The van der Waals surface area contributed by atoms with Gasteiger partial charge in [-0.2, -0.15) is 13.2 Å². The zero-order valence-corrected chi connectivity index (χ0v) is 13.2. The Labute approximate surface area is 136 Å². The van der Waals surface area contributed by atoms with Gasteiger partial charge < -0.3 is 9.30 Å². The van der Waals surface area contributed by atoms with Crippen molar-refractivity contribution in [2.24, 2.45) is 0 Å². The van der Waals surface area contributed by atoms with Crippen molar-refractivity contribution in [1.82, 2.24) is 4.57 Å². The molecule has 0 saturated carbocycles. The van der Waals surface area contributed by atoms with E-state index in [2.05, 4.69) is 0 Å². The number of aldehydes is 1. The first-order valence-corrected chi connectivity index (χ1v) is 7.16. The van der Waals surface area contributed by atoms with Crippen LogP contribution >= 0.6 is 0 Å². The summed E-state index contributed by atoms with van der Waals surface area (Å²) in [7, 11) is 0. The number of aryl methyl sites for hydroxylation is 1. The van der Waals surface area contributed by atoms with Crippen LogP contribution in [0, 0.1) is 13.8 Å². The second kappa shape index (κ2) is 6.90. The number of ketones is 1. The van der Waals surface area contributed by atoms with Crippen molar-refractivity contribution in [3.63, 3.8) is 0 Å². The van der Waals surface area contributed by atoms with Gasteiger partial charge in [0.25, 0.3) is 0 Å². The van der Waals surface area contributed by atoms with Gasteiger partial charge in [-0.15, -0.1) is 0 Å². The Morgan fingerprint density at radius 1 is 1.21 bits per heavy atom. The number of Topliss-reactive ketones (excluding diaryl/α,β-unsaturated/α-hetero) is 1. The van der Waals surface area contributed by atoms with Gasteiger partial charge in [0, 0.05) is 22.5 Å². The van der Waals surface area contributed by atoms with Gasteiger partial charge in [0.15, 0.2) is 6.61 Å². The first kappa shape index (κ1) is 17.8. The molecule has 0 spiro atoms. The lowest BCUT2D eigenvalue weighted by molar-refractivity contribution is -0.141. The highest BCUT2D eigenvalue weighted by Crippen LogP contribution is 2.23. The molecule has 0 aliphatic heterocycles. The average Bonchev–Trinajstić information content (AvgIpc) is 2.80. The summed E-state index contributed by atoms with van der Waals surface area (Å²) in [5.41, 5.74) is 1.31. The maximum atomic E-state index is 12.6. The van der Waals surface area contributed by atoms with Crippen LogP contribution in [0.1, 0.15) is 32.1 Å². The number of carbonyl (C=O) groups is 2. The minimum atomic E-state index is -4.36. The van der Waals surface area contributed by atoms with E-state index < -0.39 is 18.5 Å². The van der Waals surface area contributed by atoms with Crippen LogP contribution in [0.15, 0.2) is 30.3 Å². The summed E-state index contributed by atoms with van der Waals surface area (Å²) in [6.07, 6.45) is -3.67. The standard InChI is InChI=1S/C17H16F3NO3/c1-11-7-15(12(2)21(11)10-17(18,19)20)16(23)9-24-14-5-3-13(8-22)4-6-14/h3-8H,9-10H2,1-2H3. The van der Waals surface area contributed by atoms with Gasteiger partial charge >= 0.3 is 6.18 Å². The Kier molecular flexibility index (Phi) is 5.11. The third-order valence-corrected chi connectivity index (χ3v) is 3.60. The van der Waals surface area contributed by atoms with Gasteiger partial charge in [-0.05, 0) is 44.2 Å². The van der Waals surface area contributed by atoms with Crippen molar-refractivity contribution in [3.05, 3.63) is 52.8 Å². The molecule has 1 heterocycles. The van der Waals surface area contributed by atoms with E-state index in [-0.39, 0.29) is 17.9 Å². The summed E-state index contributed by atoms with van der Waals surface area (Å²) in [5.74, 6) is -0.00552. The maximum Gasteiger partial charge on any atom is 0.406 e. The molecular formula is C17H16F3NO3. The highest BCUT2D eigenvalue weighted by molar-refractivity contribution is 5.98. The van der Waals surface area contributed by atoms with Crippen LogP contribution < -0.4 is 4.74 Å². The molecule has 4 nitrogen and oxygen atoms in total. The molecule has 0 fully saturated rings. The summed E-state index contributed by atoms with van der Waals surface area (Å²) in [6, 6.07) is 7.61. The Hall–Kier alpha value is -2.57. The molecule has 7 heteroatoms. The van der Waals surface area contributed by atoms with E-state index >= 15 is 0 Å². The quantitative estimate of drug-likeness (QED) is 0.595. The van der Waals surface area contributed by atoms with Gasteiger partial charge in [0.05, 0.1) is 0 Å². The first-order chi connectivity index (χ1) is 11.2. The molecular weight excluding hydrogens is 323 g/mol. The summed E-state index contributed by atoms with van der Waals surface area (Å²) in [5, 5.41) is 0. The first-order valence-electron chi connectivity index (χ1n) is 7.16. The topological polar surface area (TPSA) is 48.3 Å². The maximum absolute atomic E-state index is 12.6. The number of nitrogens with zero attached hydrogens (tertiary/aromatic N) is 1. The van der Waals surface area contributed by atoms with E-state index in [1.807, 2.05) is 0 Å². The molecule has 128 valence electrons. The summed E-state index contributed by atoms with van der Waals surface area (Å²) in [6.45, 7) is 1.57. The average molecular weight is 339 g/mol. The van der Waals surface area contributed by atoms with Gasteiger partial charge in [-0.25, -0.2) is 0 Å². The molecule has 0 radical (unpaired) electrons. The van der Waals surface area contributed by atoms with Crippen LogP contribution in [0.2, 0.25) is 0 Å². The fourth-order valence-electron chi connectivity index (χ4n) is 2.38. The molecule has 2 aromatic rings. The molecule has 0 saturated heterocycles. The van der Waals surface area contributed by atoms with Crippen molar-refractivity contribution >= 4 is 12.1 Å². The lowest BCUT2D eigenvalue weighted by Gasteiger charge is -2.12. The third kappa shape index (κ3) is 4.24. The van der Waals surface area contributed by atoms with Crippen LogP contribution in [-0.4, -0.2) is 29.4 Å². The Balaban J connectivity index is 2.09. The lowest BCUT2D eigenvalue weighted by atomic mass is 10.1. The molecule has 24 heavy (non-hydrogen) atoms. The largest absolute Gasteiger partial charge is 0.485 e. The fourth-order valence-corrected chi connectivity index (χ4v) is 2.38. The lowest BCUT2D eigenvalue weighted by Crippen LogP contribution is -2.20. The highest BCUT2D eigenvalue weighted by atomic mass is 19.4.